The van der Waals surface area contributed by atoms with Gasteiger partial charge < -0.3 is 24.3 Å². The lowest BCUT2D eigenvalue weighted by Gasteiger charge is -2.37. The monoisotopic (exact) mass is 336 g/mol. The zero-order valence-corrected chi connectivity index (χ0v) is 14.6. The molecule has 0 bridgehead atoms. The van der Waals surface area contributed by atoms with Crippen LogP contribution in [0.3, 0.4) is 0 Å². The summed E-state index contributed by atoms with van der Waals surface area (Å²) in [6.07, 6.45) is 6.66. The van der Waals surface area contributed by atoms with Crippen LogP contribution < -0.4 is 5.32 Å². The van der Waals surface area contributed by atoms with E-state index in [0.717, 1.165) is 38.4 Å². The predicted octanol–water partition coefficient (Wildman–Crippen LogP) is 0.867. The first-order valence-corrected chi connectivity index (χ1v) is 8.88. The second-order valence-corrected chi connectivity index (χ2v) is 6.61. The van der Waals surface area contributed by atoms with Gasteiger partial charge in [-0.25, -0.2) is 4.98 Å². The third-order valence-corrected chi connectivity index (χ3v) is 4.84. The Balaban J connectivity index is 1.59. The van der Waals surface area contributed by atoms with E-state index in [-0.39, 0.29) is 18.1 Å². The van der Waals surface area contributed by atoms with E-state index in [0.29, 0.717) is 13.2 Å². The molecule has 3 rings (SSSR count). The molecule has 1 amide bonds. The molecule has 0 aromatic carbocycles. The van der Waals surface area contributed by atoms with Crippen LogP contribution in [0.2, 0.25) is 0 Å². The molecule has 2 aliphatic rings. The summed E-state index contributed by atoms with van der Waals surface area (Å²) in [4.78, 5) is 19.2. The van der Waals surface area contributed by atoms with E-state index in [2.05, 4.69) is 10.3 Å². The molecule has 2 fully saturated rings. The molecule has 3 unspecified atom stereocenters. The smallest absolute Gasteiger partial charge is 0.252 e. The molecule has 3 heterocycles. The number of rotatable bonds is 5. The number of nitrogens with one attached hydrogen (secondary N) is 1. The van der Waals surface area contributed by atoms with Crippen LogP contribution in [0, 0.1) is 0 Å². The number of amides is 1. The zero-order valence-electron chi connectivity index (χ0n) is 14.6. The van der Waals surface area contributed by atoms with E-state index < -0.39 is 6.10 Å². The normalized spacial score (nSPS) is 26.3. The molecule has 3 atom stereocenters. The minimum atomic E-state index is -0.462. The molecule has 7 nitrogen and oxygen atoms in total. The van der Waals surface area contributed by atoms with Crippen LogP contribution in [-0.2, 0) is 21.3 Å². The van der Waals surface area contributed by atoms with Crippen LogP contribution in [-0.4, -0.2) is 65.4 Å². The van der Waals surface area contributed by atoms with Crippen molar-refractivity contribution in [3.05, 3.63) is 18.2 Å². The standard InChI is InChI=1S/C17H28N4O3/c1-13(24-12-14-5-3-4-10-23-14)17(22)21-9-6-18-11-15(21)16-19-7-8-20(16)2/h7-8,13-15,18H,3-6,9-12H2,1-2H3. The highest BCUT2D eigenvalue weighted by Gasteiger charge is 2.33. The van der Waals surface area contributed by atoms with Gasteiger partial charge in [0.05, 0.1) is 12.7 Å². The van der Waals surface area contributed by atoms with Gasteiger partial charge in [-0.1, -0.05) is 0 Å². The van der Waals surface area contributed by atoms with E-state index >= 15 is 0 Å². The van der Waals surface area contributed by atoms with E-state index in [1.807, 2.05) is 29.6 Å². The number of carbonyl (C=O) groups excluding carboxylic acids is 1. The summed E-state index contributed by atoms with van der Waals surface area (Å²) < 4.78 is 13.5. The highest BCUT2D eigenvalue weighted by Crippen LogP contribution is 2.22. The molecular weight excluding hydrogens is 308 g/mol. The molecular formula is C17H28N4O3. The summed E-state index contributed by atoms with van der Waals surface area (Å²) >= 11 is 0. The maximum atomic E-state index is 12.9. The van der Waals surface area contributed by atoms with Crippen LogP contribution in [0.25, 0.3) is 0 Å². The fourth-order valence-corrected chi connectivity index (χ4v) is 3.39. The number of hydrogen-bond donors (Lipinski definition) is 1. The molecule has 1 aromatic rings. The molecule has 2 aliphatic heterocycles. The quantitative estimate of drug-likeness (QED) is 0.864. The topological polar surface area (TPSA) is 68.6 Å². The summed E-state index contributed by atoms with van der Waals surface area (Å²) in [7, 11) is 1.96. The fourth-order valence-electron chi connectivity index (χ4n) is 3.39. The van der Waals surface area contributed by atoms with Gasteiger partial charge in [0.2, 0.25) is 0 Å². The molecule has 0 saturated carbocycles. The van der Waals surface area contributed by atoms with Crippen molar-refractivity contribution < 1.29 is 14.3 Å². The number of ether oxygens (including phenoxy) is 2. The first kappa shape index (κ1) is 17.4. The van der Waals surface area contributed by atoms with Crippen molar-refractivity contribution in [1.29, 1.82) is 0 Å². The van der Waals surface area contributed by atoms with Crippen LogP contribution in [0.1, 0.15) is 38.1 Å². The molecule has 24 heavy (non-hydrogen) atoms. The molecule has 2 saturated heterocycles. The first-order chi connectivity index (χ1) is 11.7. The lowest BCUT2D eigenvalue weighted by atomic mass is 10.1. The Hall–Kier alpha value is -1.44. The highest BCUT2D eigenvalue weighted by atomic mass is 16.5. The van der Waals surface area contributed by atoms with Gasteiger partial charge >= 0.3 is 0 Å². The lowest BCUT2D eigenvalue weighted by molar-refractivity contribution is -0.149. The second-order valence-electron chi connectivity index (χ2n) is 6.61. The molecule has 0 radical (unpaired) electrons. The minimum Gasteiger partial charge on any atom is -0.376 e. The highest BCUT2D eigenvalue weighted by molar-refractivity contribution is 5.81. The Bertz CT molecular complexity index is 542. The van der Waals surface area contributed by atoms with Gasteiger partial charge in [0, 0.05) is 45.7 Å². The summed E-state index contributed by atoms with van der Waals surface area (Å²) in [5.74, 6) is 0.929. The van der Waals surface area contributed by atoms with Crippen molar-refractivity contribution in [3.8, 4) is 0 Å². The fraction of sp³-hybridized carbons (Fsp3) is 0.765. The third kappa shape index (κ3) is 3.96. The average Bonchev–Trinajstić information content (AvgIpc) is 3.05. The lowest BCUT2D eigenvalue weighted by Crippen LogP contribution is -2.52. The van der Waals surface area contributed by atoms with E-state index in [9.17, 15) is 4.79 Å². The van der Waals surface area contributed by atoms with Crippen LogP contribution in [0.15, 0.2) is 12.4 Å². The number of piperazine rings is 1. The van der Waals surface area contributed by atoms with Gasteiger partial charge in [0.15, 0.2) is 0 Å². The van der Waals surface area contributed by atoms with Gasteiger partial charge in [0.25, 0.3) is 5.91 Å². The number of carbonyl (C=O) groups is 1. The Morgan fingerprint density at radius 2 is 2.42 bits per heavy atom. The second kappa shape index (κ2) is 8.09. The number of aromatic nitrogens is 2. The Labute approximate surface area is 143 Å². The Kier molecular flexibility index (Phi) is 5.86. The van der Waals surface area contributed by atoms with E-state index in [1.165, 1.54) is 6.42 Å². The molecule has 1 aromatic heterocycles. The minimum absolute atomic E-state index is 0.0281. The first-order valence-electron chi connectivity index (χ1n) is 8.88. The van der Waals surface area contributed by atoms with Crippen molar-refractivity contribution in [3.63, 3.8) is 0 Å². The number of hydrogen-bond acceptors (Lipinski definition) is 5. The van der Waals surface area contributed by atoms with E-state index in [1.54, 1.807) is 6.20 Å². The van der Waals surface area contributed by atoms with Crippen molar-refractivity contribution >= 4 is 5.91 Å². The summed E-state index contributed by atoms with van der Waals surface area (Å²) in [5.41, 5.74) is 0. The largest absolute Gasteiger partial charge is 0.376 e. The summed E-state index contributed by atoms with van der Waals surface area (Å²) in [5, 5.41) is 3.35. The van der Waals surface area contributed by atoms with Crippen molar-refractivity contribution in [2.75, 3.05) is 32.8 Å². The number of aryl methyl sites for hydroxylation is 1. The van der Waals surface area contributed by atoms with Gasteiger partial charge in [-0.15, -0.1) is 0 Å². The summed E-state index contributed by atoms with van der Waals surface area (Å²) in [6, 6.07) is -0.0526. The number of imidazole rings is 1. The molecule has 0 spiro atoms. The van der Waals surface area contributed by atoms with Gasteiger partial charge in [-0.05, 0) is 26.2 Å². The van der Waals surface area contributed by atoms with Crippen molar-refractivity contribution in [1.82, 2.24) is 19.8 Å². The molecule has 1 N–H and O–H groups in total. The average molecular weight is 336 g/mol. The van der Waals surface area contributed by atoms with Crippen molar-refractivity contribution in [2.45, 2.75) is 44.4 Å². The van der Waals surface area contributed by atoms with Gasteiger partial charge in [-0.2, -0.15) is 0 Å². The van der Waals surface area contributed by atoms with Crippen LogP contribution in [0.5, 0.6) is 0 Å². The van der Waals surface area contributed by atoms with E-state index in [4.69, 9.17) is 9.47 Å². The van der Waals surface area contributed by atoms with Gasteiger partial charge in [-0.3, -0.25) is 4.79 Å². The summed E-state index contributed by atoms with van der Waals surface area (Å²) in [6.45, 7) is 5.31. The maximum absolute atomic E-state index is 12.9. The Morgan fingerprint density at radius 3 is 3.12 bits per heavy atom. The van der Waals surface area contributed by atoms with Crippen LogP contribution in [0.4, 0.5) is 0 Å². The third-order valence-electron chi connectivity index (χ3n) is 4.84. The molecule has 7 heteroatoms. The van der Waals surface area contributed by atoms with Crippen molar-refractivity contribution in [2.24, 2.45) is 7.05 Å². The zero-order chi connectivity index (χ0) is 16.9. The maximum Gasteiger partial charge on any atom is 0.252 e. The molecule has 0 aliphatic carbocycles. The Morgan fingerprint density at radius 1 is 1.54 bits per heavy atom. The van der Waals surface area contributed by atoms with Crippen LogP contribution >= 0.6 is 0 Å². The SMILES string of the molecule is CC(OCC1CCCCO1)C(=O)N1CCNCC1c1nccn1C. The van der Waals surface area contributed by atoms with Gasteiger partial charge in [0.1, 0.15) is 18.0 Å². The molecule has 134 valence electrons. The predicted molar refractivity (Wildman–Crippen MR) is 89.5 cm³/mol. The number of nitrogens with zero attached hydrogens (tertiary/aromatic N) is 3.